The average Bonchev–Trinajstić information content (AvgIpc) is 3.10. The van der Waals surface area contributed by atoms with Gasteiger partial charge in [-0.15, -0.1) is 11.3 Å². The van der Waals surface area contributed by atoms with E-state index in [4.69, 9.17) is 9.94 Å². The maximum absolute atomic E-state index is 14.1. The third kappa shape index (κ3) is 2.52. The average molecular weight is 408 g/mol. The van der Waals surface area contributed by atoms with Gasteiger partial charge in [0.05, 0.1) is 4.70 Å². The molecule has 0 bridgehead atoms. The van der Waals surface area contributed by atoms with E-state index in [1.54, 1.807) is 18.2 Å². The Hall–Kier alpha value is -3.14. The second-order valence-electron chi connectivity index (χ2n) is 6.30. The molecule has 0 aliphatic carbocycles. The first-order chi connectivity index (χ1) is 13.2. The summed E-state index contributed by atoms with van der Waals surface area (Å²) in [7, 11) is 0. The fourth-order valence-electron chi connectivity index (χ4n) is 3.12. The normalized spacial score (nSPS) is 18.9. The molecule has 0 saturated carbocycles. The lowest BCUT2D eigenvalue weighted by molar-refractivity contribution is -0.173. The highest BCUT2D eigenvalue weighted by molar-refractivity contribution is 7.18. The summed E-state index contributed by atoms with van der Waals surface area (Å²) in [6, 6.07) is 6.78. The second kappa shape index (κ2) is 6.20. The Labute approximate surface area is 159 Å². The van der Waals surface area contributed by atoms with Gasteiger partial charge in [-0.2, -0.15) is 5.06 Å². The van der Waals surface area contributed by atoms with Crippen LogP contribution < -0.4 is 4.84 Å². The number of para-hydroxylation sites is 1. The van der Waals surface area contributed by atoms with Crippen LogP contribution in [0.2, 0.25) is 0 Å². The second-order valence-corrected chi connectivity index (χ2v) is 7.30. The zero-order valence-corrected chi connectivity index (χ0v) is 15.0. The smallest absolute Gasteiger partial charge is 0.326 e. The Bertz CT molecular complexity index is 1150. The molecule has 3 aromatic rings. The number of aliphatic carboxylic acids is 1. The summed E-state index contributed by atoms with van der Waals surface area (Å²) in [6.45, 7) is 0.709. The molecule has 144 valence electrons. The van der Waals surface area contributed by atoms with Crippen LogP contribution in [-0.2, 0) is 15.0 Å². The van der Waals surface area contributed by atoms with Gasteiger partial charge in [-0.1, -0.05) is 18.2 Å². The first-order valence-electron chi connectivity index (χ1n) is 7.99. The Balaban J connectivity index is 1.97. The van der Waals surface area contributed by atoms with Gasteiger partial charge in [0.15, 0.2) is 23.9 Å². The molecule has 10 heteroatoms. The van der Waals surface area contributed by atoms with E-state index in [-0.39, 0.29) is 15.5 Å². The minimum absolute atomic E-state index is 0.0120. The third-order valence-corrected chi connectivity index (χ3v) is 5.80. The number of amides is 1. The predicted molar refractivity (Wildman–Crippen MR) is 92.4 cm³/mol. The fraction of sp³-hybridized carbons (Fsp3) is 0.167. The van der Waals surface area contributed by atoms with Gasteiger partial charge in [-0.25, -0.2) is 18.2 Å². The van der Waals surface area contributed by atoms with Crippen molar-refractivity contribution in [1.82, 2.24) is 10.0 Å². The number of hydroxylamine groups is 2. The highest BCUT2D eigenvalue weighted by Crippen LogP contribution is 2.45. The highest BCUT2D eigenvalue weighted by atomic mass is 32.1. The molecule has 1 aliphatic rings. The lowest BCUT2D eigenvalue weighted by Crippen LogP contribution is -2.52. The van der Waals surface area contributed by atoms with Crippen molar-refractivity contribution >= 4 is 33.4 Å². The van der Waals surface area contributed by atoms with Crippen LogP contribution in [0.4, 0.5) is 13.2 Å². The number of halogens is 3. The number of nitrogens with zero attached hydrogens (tertiary/aromatic N) is 2. The number of hydrogen-bond acceptors (Lipinski definition) is 5. The van der Waals surface area contributed by atoms with Crippen molar-refractivity contribution in [2.45, 2.75) is 12.3 Å². The maximum atomic E-state index is 14.1. The van der Waals surface area contributed by atoms with Gasteiger partial charge in [-0.05, 0) is 13.0 Å². The van der Waals surface area contributed by atoms with E-state index < -0.39 is 46.8 Å². The summed E-state index contributed by atoms with van der Waals surface area (Å²) < 4.78 is 41.6. The monoisotopic (exact) mass is 408 g/mol. The summed E-state index contributed by atoms with van der Waals surface area (Å²) >= 11 is 0.697. The van der Waals surface area contributed by atoms with Gasteiger partial charge >= 0.3 is 5.97 Å². The number of aromatic nitrogens is 1. The molecule has 0 spiro atoms. The van der Waals surface area contributed by atoms with Crippen molar-refractivity contribution in [3.8, 4) is 5.75 Å². The molecule has 0 radical (unpaired) electrons. The van der Waals surface area contributed by atoms with E-state index in [1.165, 1.54) is 13.0 Å². The molecule has 0 fully saturated rings. The Morgan fingerprint density at radius 2 is 2.00 bits per heavy atom. The molecule has 1 aromatic heterocycles. The first kappa shape index (κ1) is 18.2. The fourth-order valence-corrected chi connectivity index (χ4v) is 4.24. The predicted octanol–water partition coefficient (Wildman–Crippen LogP) is 3.24. The quantitative estimate of drug-likeness (QED) is 0.673. The zero-order chi connectivity index (χ0) is 20.2. The van der Waals surface area contributed by atoms with E-state index in [0.717, 1.165) is 0 Å². The molecule has 1 amide bonds. The van der Waals surface area contributed by atoms with Crippen LogP contribution in [0, 0.1) is 17.5 Å². The first-order valence-corrected chi connectivity index (χ1v) is 8.81. The van der Waals surface area contributed by atoms with Crippen molar-refractivity contribution in [1.29, 1.82) is 0 Å². The van der Waals surface area contributed by atoms with Crippen LogP contribution in [0.5, 0.6) is 5.75 Å². The van der Waals surface area contributed by atoms with Crippen LogP contribution in [-0.4, -0.2) is 33.6 Å². The van der Waals surface area contributed by atoms with Crippen LogP contribution in [0.3, 0.4) is 0 Å². The molecule has 1 unspecified atom stereocenters. The minimum atomic E-state index is -1.58. The summed E-state index contributed by atoms with van der Waals surface area (Å²) in [6.07, 6.45) is 0. The number of carbonyl (C=O) groups excluding carboxylic acids is 1. The summed E-state index contributed by atoms with van der Waals surface area (Å²) in [5, 5.41) is 9.71. The molecule has 1 N–H and O–H groups in total. The topological polar surface area (TPSA) is 79.7 Å². The summed E-state index contributed by atoms with van der Waals surface area (Å²) in [5.74, 6) is -5.59. The molecule has 28 heavy (non-hydrogen) atoms. The lowest BCUT2D eigenvalue weighted by Gasteiger charge is -2.38. The van der Waals surface area contributed by atoms with Gasteiger partial charge in [-0.3, -0.25) is 9.59 Å². The van der Waals surface area contributed by atoms with Crippen LogP contribution in [0.15, 0.2) is 30.3 Å². The molecule has 4 rings (SSSR count). The van der Waals surface area contributed by atoms with Crippen molar-refractivity contribution in [3.05, 3.63) is 58.4 Å². The van der Waals surface area contributed by atoms with E-state index in [2.05, 4.69) is 4.98 Å². The van der Waals surface area contributed by atoms with Crippen molar-refractivity contribution in [3.63, 3.8) is 0 Å². The number of carbonyl (C=O) groups is 2. The van der Waals surface area contributed by atoms with Gasteiger partial charge in [0.25, 0.3) is 5.91 Å². The Morgan fingerprint density at radius 3 is 2.71 bits per heavy atom. The van der Waals surface area contributed by atoms with E-state index in [1.807, 2.05) is 0 Å². The molecule has 0 saturated heterocycles. The van der Waals surface area contributed by atoms with E-state index >= 15 is 0 Å². The van der Waals surface area contributed by atoms with E-state index in [0.29, 0.717) is 28.0 Å². The van der Waals surface area contributed by atoms with Crippen LogP contribution in [0.1, 0.15) is 17.5 Å². The van der Waals surface area contributed by atoms with Gasteiger partial charge in [0, 0.05) is 11.6 Å². The molecular formula is C18H11F3N2O4S. The van der Waals surface area contributed by atoms with Gasteiger partial charge < -0.3 is 9.94 Å². The number of rotatable bonds is 3. The largest absolute Gasteiger partial charge is 0.480 e. The van der Waals surface area contributed by atoms with Crippen molar-refractivity contribution in [2.24, 2.45) is 0 Å². The number of thiazole rings is 1. The maximum Gasteiger partial charge on any atom is 0.326 e. The summed E-state index contributed by atoms with van der Waals surface area (Å²) in [4.78, 5) is 33.6. The number of fused-ring (bicyclic) bond motifs is 2. The zero-order valence-electron chi connectivity index (χ0n) is 14.2. The number of benzene rings is 2. The third-order valence-electron chi connectivity index (χ3n) is 4.51. The molecule has 2 heterocycles. The van der Waals surface area contributed by atoms with Gasteiger partial charge in [0.2, 0.25) is 0 Å². The van der Waals surface area contributed by atoms with E-state index in [9.17, 15) is 22.8 Å². The summed E-state index contributed by atoms with van der Waals surface area (Å²) in [5.41, 5.74) is -1.76. The molecule has 1 atom stereocenters. The lowest BCUT2D eigenvalue weighted by atomic mass is 9.80. The number of hydrogen-bond donors (Lipinski definition) is 1. The molecule has 6 nitrogen and oxygen atoms in total. The minimum Gasteiger partial charge on any atom is -0.480 e. The Morgan fingerprint density at radius 1 is 1.29 bits per heavy atom. The van der Waals surface area contributed by atoms with Gasteiger partial charge in [0.1, 0.15) is 21.8 Å². The van der Waals surface area contributed by atoms with Crippen molar-refractivity contribution in [2.75, 3.05) is 6.54 Å². The standard InChI is InChI=1S/C18H11F3N2O4S/c1-18(16-22-14-13(21)9(19)6-10(20)15(14)28-16)8-4-2-3-5-11(8)27-23(17(18)26)7-12(24)25/h2-6H,7H2,1H3,(H,24,25). The van der Waals surface area contributed by atoms with Crippen molar-refractivity contribution < 1.29 is 32.7 Å². The van der Waals surface area contributed by atoms with Crippen LogP contribution >= 0.6 is 11.3 Å². The SMILES string of the molecule is CC1(c2nc3c(F)c(F)cc(F)c3s2)C(=O)N(CC(=O)O)Oc2ccccc21. The number of carboxylic acids is 1. The van der Waals surface area contributed by atoms with Crippen LogP contribution in [0.25, 0.3) is 10.2 Å². The molecular weight excluding hydrogens is 397 g/mol. The molecule has 2 aromatic carbocycles. The highest BCUT2D eigenvalue weighted by Gasteiger charge is 2.49. The Kier molecular flexibility index (Phi) is 4.03. The molecule has 1 aliphatic heterocycles. The number of carboxylic acid groups (broad SMARTS) is 1.